The topological polar surface area (TPSA) is 79.0 Å². The Morgan fingerprint density at radius 3 is 2.55 bits per heavy atom. The fourth-order valence-electron chi connectivity index (χ4n) is 0.479. The summed E-state index contributed by atoms with van der Waals surface area (Å²) in [5.41, 5.74) is 0. The van der Waals surface area contributed by atoms with Crippen LogP contribution in [0.1, 0.15) is 23.5 Å². The molecule has 0 aliphatic rings. The van der Waals surface area contributed by atoms with Crippen LogP contribution in [0.3, 0.4) is 0 Å². The minimum absolute atomic E-state index is 0. The van der Waals surface area contributed by atoms with Crippen molar-refractivity contribution >= 4 is 5.97 Å². The summed E-state index contributed by atoms with van der Waals surface area (Å²) < 4.78 is 4.61. The van der Waals surface area contributed by atoms with Crippen LogP contribution in [-0.2, 0) is 6.42 Å². The van der Waals surface area contributed by atoms with E-state index in [0.717, 1.165) is 0 Å². The van der Waals surface area contributed by atoms with Gasteiger partial charge in [0, 0.05) is 6.42 Å². The van der Waals surface area contributed by atoms with Gasteiger partial charge < -0.3 is 14.3 Å². The number of carboxylic acid groups (broad SMARTS) is 1. The number of aryl methyl sites for hydroxylation is 1. The van der Waals surface area contributed by atoms with E-state index < -0.39 is 11.9 Å². The second-order valence-corrected chi connectivity index (χ2v) is 1.64. The van der Waals surface area contributed by atoms with E-state index in [1.54, 1.807) is 6.92 Å². The molecule has 0 aliphatic carbocycles. The van der Waals surface area contributed by atoms with E-state index in [9.17, 15) is 9.90 Å². The van der Waals surface area contributed by atoms with Crippen LogP contribution in [0.25, 0.3) is 0 Å². The second kappa shape index (κ2) is 4.99. The molecular formula is C5H5KN2O3. The number of hydrogen-bond acceptors (Lipinski definition) is 5. The Balaban J connectivity index is 0.000001000. The molecule has 0 aliphatic heterocycles. The first-order chi connectivity index (χ1) is 4.74. The van der Waals surface area contributed by atoms with E-state index in [1.807, 2.05) is 0 Å². The van der Waals surface area contributed by atoms with Crippen LogP contribution < -0.4 is 56.5 Å². The molecule has 0 unspecified atom stereocenters. The summed E-state index contributed by atoms with van der Waals surface area (Å²) in [6.45, 7) is 1.78. The van der Waals surface area contributed by atoms with Crippen LogP contribution in [0.15, 0.2) is 4.42 Å². The van der Waals surface area contributed by atoms with E-state index in [0.29, 0.717) is 12.3 Å². The standard InChI is InChI=1S/C5H6N2O3.K/c1-2-3-6-7-4(10-3)5(8)9;/h2H2,1H3,(H,8,9);/q;+1/p-1. The zero-order chi connectivity index (χ0) is 7.56. The number of carbonyl (C=O) groups excluding carboxylic acids is 1. The van der Waals surface area contributed by atoms with Crippen molar-refractivity contribution in [2.24, 2.45) is 0 Å². The molecule has 0 spiro atoms. The average Bonchev–Trinajstić information content (AvgIpc) is 2.34. The van der Waals surface area contributed by atoms with Crippen molar-refractivity contribution in [3.05, 3.63) is 11.8 Å². The van der Waals surface area contributed by atoms with Gasteiger partial charge in [0.25, 0.3) is 5.89 Å². The third kappa shape index (κ3) is 3.00. The van der Waals surface area contributed by atoms with Crippen LogP contribution in [0, 0.1) is 0 Å². The maximum absolute atomic E-state index is 10.0. The number of carboxylic acids is 1. The minimum atomic E-state index is -1.44. The van der Waals surface area contributed by atoms with Crippen LogP contribution >= 0.6 is 0 Å². The van der Waals surface area contributed by atoms with Crippen molar-refractivity contribution in [1.29, 1.82) is 0 Å². The Hall–Kier alpha value is 0.246. The summed E-state index contributed by atoms with van der Waals surface area (Å²) in [4.78, 5) is 10.0. The molecule has 0 atom stereocenters. The van der Waals surface area contributed by atoms with Crippen molar-refractivity contribution in [2.45, 2.75) is 13.3 Å². The number of rotatable bonds is 2. The number of aromatic carboxylic acids is 1. The SMILES string of the molecule is CCc1nnc(C(=O)[O-])o1.[K+]. The van der Waals surface area contributed by atoms with Crippen molar-refractivity contribution in [3.8, 4) is 0 Å². The number of nitrogens with zero attached hydrogens (tertiary/aromatic N) is 2. The number of aromatic nitrogens is 2. The Kier molecular flexibility index (Phi) is 5.10. The predicted octanol–water partition coefficient (Wildman–Crippen LogP) is -4.00. The molecule has 1 aromatic heterocycles. The van der Waals surface area contributed by atoms with Gasteiger partial charge in [0.2, 0.25) is 5.89 Å². The van der Waals surface area contributed by atoms with Gasteiger partial charge in [0.1, 0.15) is 5.97 Å². The van der Waals surface area contributed by atoms with E-state index in [-0.39, 0.29) is 51.4 Å². The quantitative estimate of drug-likeness (QED) is 0.433. The molecule has 6 heteroatoms. The van der Waals surface area contributed by atoms with Gasteiger partial charge in [0.15, 0.2) is 0 Å². The molecule has 0 N–H and O–H groups in total. The van der Waals surface area contributed by atoms with E-state index in [4.69, 9.17) is 0 Å². The van der Waals surface area contributed by atoms with Crippen LogP contribution in [0.2, 0.25) is 0 Å². The van der Waals surface area contributed by atoms with Gasteiger partial charge in [-0.2, -0.15) is 0 Å². The maximum atomic E-state index is 10.0. The van der Waals surface area contributed by atoms with Gasteiger partial charge in [0.05, 0.1) is 0 Å². The fraction of sp³-hybridized carbons (Fsp3) is 0.400. The molecule has 0 fully saturated rings. The Morgan fingerprint density at radius 2 is 2.27 bits per heavy atom. The zero-order valence-corrected chi connectivity index (χ0v) is 9.45. The Morgan fingerprint density at radius 1 is 1.64 bits per heavy atom. The van der Waals surface area contributed by atoms with Gasteiger partial charge >= 0.3 is 51.4 Å². The third-order valence-electron chi connectivity index (χ3n) is 0.944. The first-order valence-electron chi connectivity index (χ1n) is 2.77. The van der Waals surface area contributed by atoms with Crippen molar-refractivity contribution in [2.75, 3.05) is 0 Å². The predicted molar refractivity (Wildman–Crippen MR) is 28.0 cm³/mol. The first-order valence-corrected chi connectivity index (χ1v) is 2.77. The fourth-order valence-corrected chi connectivity index (χ4v) is 0.479. The average molecular weight is 180 g/mol. The molecular weight excluding hydrogens is 175 g/mol. The Bertz CT molecular complexity index is 248. The molecule has 11 heavy (non-hydrogen) atoms. The molecule has 1 heterocycles. The van der Waals surface area contributed by atoms with Crippen LogP contribution in [0.5, 0.6) is 0 Å². The normalized spacial score (nSPS) is 8.82. The molecule has 0 bridgehead atoms. The molecule has 0 amide bonds. The molecule has 5 nitrogen and oxygen atoms in total. The smallest absolute Gasteiger partial charge is 0.540 e. The third-order valence-corrected chi connectivity index (χ3v) is 0.944. The molecule has 0 saturated heterocycles. The van der Waals surface area contributed by atoms with Gasteiger partial charge in [-0.05, 0) is 0 Å². The summed E-state index contributed by atoms with van der Waals surface area (Å²) in [7, 11) is 0. The molecule has 0 aromatic carbocycles. The van der Waals surface area contributed by atoms with Gasteiger partial charge in [-0.25, -0.2) is 0 Å². The largest absolute Gasteiger partial charge is 1.00 e. The van der Waals surface area contributed by atoms with E-state index in [2.05, 4.69) is 14.6 Å². The summed E-state index contributed by atoms with van der Waals surface area (Å²) in [6, 6.07) is 0. The van der Waals surface area contributed by atoms with E-state index >= 15 is 0 Å². The molecule has 1 rings (SSSR count). The Labute approximate surface area is 106 Å². The summed E-state index contributed by atoms with van der Waals surface area (Å²) in [6.07, 6.45) is 0.528. The first kappa shape index (κ1) is 11.2. The molecule has 0 saturated carbocycles. The monoisotopic (exact) mass is 180 g/mol. The van der Waals surface area contributed by atoms with Crippen molar-refractivity contribution < 1.29 is 65.7 Å². The summed E-state index contributed by atoms with van der Waals surface area (Å²) in [5.74, 6) is -1.59. The maximum Gasteiger partial charge on any atom is 1.00 e. The zero-order valence-electron chi connectivity index (χ0n) is 6.33. The van der Waals surface area contributed by atoms with Crippen LogP contribution in [0.4, 0.5) is 0 Å². The molecule has 1 aromatic rings. The second-order valence-electron chi connectivity index (χ2n) is 1.64. The minimum Gasteiger partial charge on any atom is -0.540 e. The van der Waals surface area contributed by atoms with Gasteiger partial charge in [-0.15, -0.1) is 10.2 Å². The van der Waals surface area contributed by atoms with Gasteiger partial charge in [-0.3, -0.25) is 0 Å². The van der Waals surface area contributed by atoms with Crippen LogP contribution in [-0.4, -0.2) is 16.2 Å². The molecule has 54 valence electrons. The van der Waals surface area contributed by atoms with Gasteiger partial charge in [-0.1, -0.05) is 6.92 Å². The van der Waals surface area contributed by atoms with Crippen molar-refractivity contribution in [3.63, 3.8) is 0 Å². The number of hydrogen-bond donors (Lipinski definition) is 0. The van der Waals surface area contributed by atoms with Crippen molar-refractivity contribution in [1.82, 2.24) is 10.2 Å². The summed E-state index contributed by atoms with van der Waals surface area (Å²) >= 11 is 0. The number of carbonyl (C=O) groups is 1. The summed E-state index contributed by atoms with van der Waals surface area (Å²) in [5, 5.41) is 16.6. The van der Waals surface area contributed by atoms with E-state index in [1.165, 1.54) is 0 Å². The molecule has 0 radical (unpaired) electrons.